The number of nitrogens with one attached hydrogen (secondary N) is 2. The third-order valence-corrected chi connectivity index (χ3v) is 5.54. The van der Waals surface area contributed by atoms with Gasteiger partial charge in [-0.25, -0.2) is 18.0 Å². The van der Waals surface area contributed by atoms with Crippen LogP contribution in [0.25, 0.3) is 0 Å². The second-order valence-corrected chi connectivity index (χ2v) is 7.99. The van der Waals surface area contributed by atoms with Crippen LogP contribution in [-0.4, -0.2) is 45.4 Å². The molecule has 0 fully saturated rings. The van der Waals surface area contributed by atoms with E-state index in [2.05, 4.69) is 4.74 Å². The lowest BCUT2D eigenvalue weighted by Gasteiger charge is -2.35. The Balaban J connectivity index is 2.53. The Kier molecular flexibility index (Phi) is 7.86. The molecule has 0 heterocycles. The number of hydrogen-bond donors (Lipinski definition) is 2. The van der Waals surface area contributed by atoms with Gasteiger partial charge in [0.15, 0.2) is 0 Å². The smallest absolute Gasteiger partial charge is 0.437 e. The molecule has 0 radical (unpaired) electrons. The number of rotatable bonds is 9. The largest absolute Gasteiger partial charge is 0.463 e. The van der Waals surface area contributed by atoms with Crippen molar-refractivity contribution in [3.63, 3.8) is 0 Å². The lowest BCUT2D eigenvalue weighted by Crippen LogP contribution is -2.69. The first-order valence-corrected chi connectivity index (χ1v) is 10.8. The maximum Gasteiger partial charge on any atom is 0.437 e. The Labute approximate surface area is 182 Å². The molecule has 1 unspecified atom stereocenters. The first-order valence-electron chi connectivity index (χ1n) is 9.35. The van der Waals surface area contributed by atoms with Crippen molar-refractivity contribution in [2.24, 2.45) is 0 Å². The molecule has 0 aromatic heterocycles. The third-order valence-electron chi connectivity index (χ3n) is 4.08. The van der Waals surface area contributed by atoms with Crippen LogP contribution in [0.3, 0.4) is 0 Å². The molecule has 0 saturated heterocycles. The summed E-state index contributed by atoms with van der Waals surface area (Å²) in [5.41, 5.74) is -4.10. The summed E-state index contributed by atoms with van der Waals surface area (Å²) in [6.07, 6.45) is -5.46. The Morgan fingerprint density at radius 2 is 1.47 bits per heavy atom. The van der Waals surface area contributed by atoms with Gasteiger partial charge in [0.25, 0.3) is 5.66 Å². The summed E-state index contributed by atoms with van der Waals surface area (Å²) in [6.45, 7) is 2.52. The number of ether oxygens (including phenoxy) is 2. The Bertz CT molecular complexity index is 1040. The molecular formula is C20H21F3N2O6S. The molecule has 2 rings (SSSR count). The third kappa shape index (κ3) is 5.56. The predicted octanol–water partition coefficient (Wildman–Crippen LogP) is 3.08. The minimum atomic E-state index is -5.46. The van der Waals surface area contributed by atoms with Gasteiger partial charge in [-0.3, -0.25) is 0 Å². The fourth-order valence-electron chi connectivity index (χ4n) is 2.58. The molecule has 0 amide bonds. The van der Waals surface area contributed by atoms with Crippen LogP contribution in [0.5, 0.6) is 0 Å². The summed E-state index contributed by atoms with van der Waals surface area (Å²) in [6, 6.07) is 10.7. The molecule has 0 saturated carbocycles. The van der Waals surface area contributed by atoms with E-state index in [0.717, 1.165) is 36.4 Å². The molecule has 2 aromatic rings. The summed E-state index contributed by atoms with van der Waals surface area (Å²) < 4.78 is 78.8. The van der Waals surface area contributed by atoms with E-state index in [1.165, 1.54) is 29.8 Å². The van der Waals surface area contributed by atoms with E-state index in [9.17, 15) is 31.2 Å². The second kappa shape index (κ2) is 10.0. The zero-order valence-corrected chi connectivity index (χ0v) is 17.9. The normalized spacial score (nSPS) is 13.7. The van der Waals surface area contributed by atoms with Gasteiger partial charge in [-0.15, -0.1) is 0 Å². The summed E-state index contributed by atoms with van der Waals surface area (Å²) >= 11 is 0. The van der Waals surface area contributed by atoms with Crippen LogP contribution in [0.15, 0.2) is 59.5 Å². The molecule has 174 valence electrons. The van der Waals surface area contributed by atoms with E-state index in [-0.39, 0.29) is 17.9 Å². The summed E-state index contributed by atoms with van der Waals surface area (Å²) in [5.74, 6) is -2.60. The van der Waals surface area contributed by atoms with Crippen molar-refractivity contribution in [2.75, 3.05) is 18.5 Å². The number of esters is 2. The fraction of sp³-hybridized carbons (Fsp3) is 0.300. The van der Waals surface area contributed by atoms with Gasteiger partial charge in [0, 0.05) is 5.69 Å². The standard InChI is InChI=1S/C20H21F3N2O6S/c1-3-30-17(26)14-10-12-15(13-11-14)24-19(20(21,22)23,18(27)31-4-2)25-32(28,29)16-8-6-5-7-9-16/h5-13,24-25H,3-4H2,1-2H3. The maximum absolute atomic E-state index is 14.2. The molecule has 0 aliphatic heterocycles. The molecule has 0 aliphatic carbocycles. The molecule has 0 spiro atoms. The van der Waals surface area contributed by atoms with Crippen LogP contribution in [0.1, 0.15) is 24.2 Å². The minimum Gasteiger partial charge on any atom is -0.463 e. The van der Waals surface area contributed by atoms with Crippen LogP contribution in [-0.2, 0) is 24.3 Å². The SMILES string of the molecule is CCOC(=O)c1ccc(NC(NS(=O)(=O)c2ccccc2)(C(=O)OCC)C(F)(F)F)cc1. The topological polar surface area (TPSA) is 111 Å². The van der Waals surface area contributed by atoms with Gasteiger partial charge in [0.1, 0.15) is 0 Å². The summed E-state index contributed by atoms with van der Waals surface area (Å²) in [5, 5.41) is 1.90. The lowest BCUT2D eigenvalue weighted by molar-refractivity contribution is -0.202. The van der Waals surface area contributed by atoms with Gasteiger partial charge < -0.3 is 14.8 Å². The molecular weight excluding hydrogens is 453 g/mol. The quantitative estimate of drug-likeness (QED) is 0.425. The van der Waals surface area contributed by atoms with E-state index in [4.69, 9.17) is 4.74 Å². The molecule has 0 bridgehead atoms. The van der Waals surface area contributed by atoms with Gasteiger partial charge in [0.2, 0.25) is 10.0 Å². The van der Waals surface area contributed by atoms with Crippen molar-refractivity contribution < 1.29 is 40.7 Å². The van der Waals surface area contributed by atoms with Gasteiger partial charge in [0.05, 0.1) is 23.7 Å². The predicted molar refractivity (Wildman–Crippen MR) is 108 cm³/mol. The number of anilines is 1. The van der Waals surface area contributed by atoms with E-state index < -0.39 is 45.3 Å². The van der Waals surface area contributed by atoms with Crippen molar-refractivity contribution >= 4 is 27.6 Å². The number of hydrogen-bond acceptors (Lipinski definition) is 7. The molecule has 2 N–H and O–H groups in total. The van der Waals surface area contributed by atoms with E-state index in [1.807, 2.05) is 5.32 Å². The van der Waals surface area contributed by atoms with Gasteiger partial charge in [-0.05, 0) is 50.2 Å². The number of halogens is 3. The zero-order chi connectivity index (χ0) is 24.0. The Morgan fingerprint density at radius 3 is 1.97 bits per heavy atom. The maximum atomic E-state index is 14.2. The van der Waals surface area contributed by atoms with E-state index in [1.54, 1.807) is 6.92 Å². The highest BCUT2D eigenvalue weighted by Crippen LogP contribution is 2.34. The van der Waals surface area contributed by atoms with Crippen molar-refractivity contribution in [2.45, 2.75) is 30.6 Å². The van der Waals surface area contributed by atoms with E-state index >= 15 is 0 Å². The minimum absolute atomic E-state index is 0.0519. The number of alkyl halides is 3. The van der Waals surface area contributed by atoms with Crippen molar-refractivity contribution in [3.8, 4) is 0 Å². The van der Waals surface area contributed by atoms with Gasteiger partial charge in [-0.2, -0.15) is 17.9 Å². The van der Waals surface area contributed by atoms with Crippen LogP contribution >= 0.6 is 0 Å². The van der Waals surface area contributed by atoms with Crippen molar-refractivity contribution in [3.05, 3.63) is 60.2 Å². The average molecular weight is 474 g/mol. The van der Waals surface area contributed by atoms with Gasteiger partial charge in [-0.1, -0.05) is 18.2 Å². The Hall–Kier alpha value is -3.12. The van der Waals surface area contributed by atoms with Crippen molar-refractivity contribution in [1.82, 2.24) is 4.72 Å². The van der Waals surface area contributed by atoms with Crippen LogP contribution in [0.4, 0.5) is 18.9 Å². The molecule has 8 nitrogen and oxygen atoms in total. The molecule has 2 aromatic carbocycles. The number of carbonyl (C=O) groups is 2. The Morgan fingerprint density at radius 1 is 0.906 bits per heavy atom. The molecule has 0 aliphatic rings. The average Bonchev–Trinajstić information content (AvgIpc) is 2.73. The lowest BCUT2D eigenvalue weighted by atomic mass is 10.1. The second-order valence-electron chi connectivity index (χ2n) is 6.31. The fourth-order valence-corrected chi connectivity index (χ4v) is 3.87. The highest BCUT2D eigenvalue weighted by atomic mass is 32.2. The summed E-state index contributed by atoms with van der Waals surface area (Å²) in [4.78, 5) is 23.7. The van der Waals surface area contributed by atoms with Crippen molar-refractivity contribution in [1.29, 1.82) is 0 Å². The summed E-state index contributed by atoms with van der Waals surface area (Å²) in [7, 11) is -4.82. The first kappa shape index (κ1) is 25.1. The van der Waals surface area contributed by atoms with Gasteiger partial charge >= 0.3 is 18.1 Å². The monoisotopic (exact) mass is 474 g/mol. The zero-order valence-electron chi connectivity index (χ0n) is 17.1. The molecule has 32 heavy (non-hydrogen) atoms. The molecule has 1 atom stereocenters. The number of carbonyl (C=O) groups excluding carboxylic acids is 2. The highest BCUT2D eigenvalue weighted by molar-refractivity contribution is 7.89. The van der Waals surface area contributed by atoms with Crippen LogP contribution in [0, 0.1) is 0 Å². The first-order chi connectivity index (χ1) is 15.0. The van der Waals surface area contributed by atoms with E-state index in [0.29, 0.717) is 0 Å². The van der Waals surface area contributed by atoms with Crippen LogP contribution in [0.2, 0.25) is 0 Å². The molecule has 12 heteroatoms. The van der Waals surface area contributed by atoms with Crippen LogP contribution < -0.4 is 10.0 Å². The number of benzene rings is 2. The number of sulfonamides is 1. The highest BCUT2D eigenvalue weighted by Gasteiger charge is 2.64.